The lowest BCUT2D eigenvalue weighted by atomic mass is 10.2. The molecule has 106 valence electrons. The average molecular weight is 295 g/mol. The van der Waals surface area contributed by atoms with Crippen molar-refractivity contribution in [2.45, 2.75) is 13.8 Å². The molecule has 6 nitrogen and oxygen atoms in total. The fraction of sp³-hybridized carbons (Fsp3) is 0.154. The van der Waals surface area contributed by atoms with Gasteiger partial charge in [-0.3, -0.25) is 0 Å². The van der Waals surface area contributed by atoms with Gasteiger partial charge in [0.05, 0.1) is 11.3 Å². The minimum absolute atomic E-state index is 0.155. The van der Waals surface area contributed by atoms with Gasteiger partial charge in [-0.2, -0.15) is 0 Å². The lowest BCUT2D eigenvalue weighted by molar-refractivity contribution is 0.0698. The van der Waals surface area contributed by atoms with Crippen LogP contribution in [0.5, 0.6) is 0 Å². The zero-order valence-corrected chi connectivity index (χ0v) is 11.8. The first-order valence-electron chi connectivity index (χ1n) is 5.67. The van der Waals surface area contributed by atoms with Crippen LogP contribution in [0.4, 0.5) is 11.5 Å². The first kappa shape index (κ1) is 15.7. The first-order chi connectivity index (χ1) is 9.32. The van der Waals surface area contributed by atoms with E-state index in [1.54, 1.807) is 32.0 Å². The van der Waals surface area contributed by atoms with Crippen LogP contribution in [-0.4, -0.2) is 21.0 Å². The quantitative estimate of drug-likeness (QED) is 0.695. The molecule has 5 N–H and O–H groups in total. The first-order valence-corrected chi connectivity index (χ1v) is 6.04. The molecule has 1 aromatic heterocycles. The molecule has 2 rings (SSSR count). The van der Waals surface area contributed by atoms with Crippen molar-refractivity contribution in [1.29, 1.82) is 0 Å². The van der Waals surface area contributed by atoms with Crippen LogP contribution in [0, 0.1) is 13.8 Å². The van der Waals surface area contributed by atoms with E-state index in [-0.39, 0.29) is 5.56 Å². The average Bonchev–Trinajstić information content (AvgIpc) is 2.36. The van der Waals surface area contributed by atoms with Gasteiger partial charge < -0.3 is 16.6 Å². The fourth-order valence-electron chi connectivity index (χ4n) is 1.42. The number of carbonyl (C=O) groups is 1. The topological polar surface area (TPSA) is 115 Å². The minimum atomic E-state index is -0.988. The van der Waals surface area contributed by atoms with Crippen molar-refractivity contribution in [2.75, 3.05) is 11.5 Å². The number of aromatic carboxylic acids is 1. The van der Waals surface area contributed by atoms with Crippen molar-refractivity contribution in [3.63, 3.8) is 0 Å². The molecule has 0 spiro atoms. The number of anilines is 2. The van der Waals surface area contributed by atoms with Crippen molar-refractivity contribution in [1.82, 2.24) is 9.97 Å². The molecule has 0 unspecified atom stereocenters. The summed E-state index contributed by atoms with van der Waals surface area (Å²) >= 11 is 5.70. The lowest BCUT2D eigenvalue weighted by Gasteiger charge is -2.00. The van der Waals surface area contributed by atoms with Crippen LogP contribution in [0.2, 0.25) is 5.02 Å². The van der Waals surface area contributed by atoms with Crippen molar-refractivity contribution >= 4 is 29.1 Å². The molecule has 0 amide bonds. The molecule has 7 heteroatoms. The molecule has 0 saturated carbocycles. The zero-order chi connectivity index (χ0) is 15.3. The number of nitrogen functional groups attached to an aromatic ring is 2. The molecule has 0 aliphatic carbocycles. The number of halogens is 1. The molecule has 1 aromatic carbocycles. The highest BCUT2D eigenvalue weighted by atomic mass is 35.5. The molecule has 0 atom stereocenters. The van der Waals surface area contributed by atoms with Crippen LogP contribution in [0.1, 0.15) is 21.9 Å². The van der Waals surface area contributed by atoms with Gasteiger partial charge in [0.1, 0.15) is 16.7 Å². The second-order valence-electron chi connectivity index (χ2n) is 3.95. The normalized spacial score (nSPS) is 9.55. The molecule has 0 saturated heterocycles. The minimum Gasteiger partial charge on any atom is -0.478 e. The van der Waals surface area contributed by atoms with Crippen molar-refractivity contribution in [2.24, 2.45) is 0 Å². The number of aryl methyl sites for hydroxylation is 2. The summed E-state index contributed by atoms with van der Waals surface area (Å²) < 4.78 is 0. The number of nitrogens with zero attached hydrogens (tertiary/aromatic N) is 2. The van der Waals surface area contributed by atoms with Crippen molar-refractivity contribution in [3.05, 3.63) is 46.4 Å². The number of hydrogen-bond acceptors (Lipinski definition) is 5. The summed E-state index contributed by atoms with van der Waals surface area (Å²) in [6, 6.07) is 6.36. The summed E-state index contributed by atoms with van der Waals surface area (Å²) in [4.78, 5) is 18.2. The summed E-state index contributed by atoms with van der Waals surface area (Å²) in [5.74, 6) is 0.0177. The van der Waals surface area contributed by atoms with Gasteiger partial charge in [0.25, 0.3) is 0 Å². The summed E-state index contributed by atoms with van der Waals surface area (Å²) in [6.45, 7) is 3.58. The largest absolute Gasteiger partial charge is 0.478 e. The van der Waals surface area contributed by atoms with E-state index in [1.807, 2.05) is 0 Å². The molecule has 1 heterocycles. The Balaban J connectivity index is 0.000000200. The predicted octanol–water partition coefficient (Wildman–Crippen LogP) is 2.30. The summed E-state index contributed by atoms with van der Waals surface area (Å²) in [5, 5.41) is 8.94. The summed E-state index contributed by atoms with van der Waals surface area (Å²) in [6.07, 6.45) is 0. The van der Waals surface area contributed by atoms with Gasteiger partial charge in [-0.25, -0.2) is 14.8 Å². The van der Waals surface area contributed by atoms with Crippen molar-refractivity contribution in [3.8, 4) is 0 Å². The Hall–Kier alpha value is -2.34. The van der Waals surface area contributed by atoms with E-state index < -0.39 is 5.97 Å². The Kier molecular flexibility index (Phi) is 5.28. The number of rotatable bonds is 1. The summed E-state index contributed by atoms with van der Waals surface area (Å²) in [7, 11) is 0. The molecular formula is C13H15ClN4O2. The van der Waals surface area contributed by atoms with Crippen LogP contribution in [0.3, 0.4) is 0 Å². The highest BCUT2D eigenvalue weighted by Gasteiger charge is 2.04. The predicted molar refractivity (Wildman–Crippen MR) is 78.7 cm³/mol. The standard InChI is InChI=1S/C7H7NO2.C6H8ClN3/c8-6-4-2-1-3-5(6)7(9)10;1-3-5(7)6(8)10-4(2)9-3/h1-4H,8H2,(H,9,10);1-2H3,(H2,8,9,10). The molecule has 2 aromatic rings. The number of benzene rings is 1. The van der Waals surface area contributed by atoms with E-state index >= 15 is 0 Å². The molecular weight excluding hydrogens is 280 g/mol. The third-order valence-corrected chi connectivity index (χ3v) is 2.81. The van der Waals surface area contributed by atoms with Gasteiger partial charge in [-0.1, -0.05) is 23.7 Å². The monoisotopic (exact) mass is 294 g/mol. The van der Waals surface area contributed by atoms with E-state index in [0.29, 0.717) is 22.4 Å². The number of para-hydroxylation sites is 1. The van der Waals surface area contributed by atoms with Gasteiger partial charge in [0, 0.05) is 5.69 Å². The SMILES string of the molecule is Cc1nc(C)c(Cl)c(N)n1.Nc1ccccc1C(=O)O. The van der Waals surface area contributed by atoms with Crippen LogP contribution in [-0.2, 0) is 0 Å². The van der Waals surface area contributed by atoms with Crippen molar-refractivity contribution < 1.29 is 9.90 Å². The Morgan fingerprint density at radius 3 is 2.25 bits per heavy atom. The molecule has 0 aliphatic heterocycles. The molecule has 0 radical (unpaired) electrons. The van der Waals surface area contributed by atoms with Gasteiger partial charge in [-0.15, -0.1) is 0 Å². The van der Waals surface area contributed by atoms with E-state index in [4.69, 9.17) is 28.2 Å². The molecule has 0 fully saturated rings. The fourth-order valence-corrected chi connectivity index (χ4v) is 1.50. The Bertz CT molecular complexity index is 609. The third-order valence-electron chi connectivity index (χ3n) is 2.35. The number of carboxylic acid groups (broad SMARTS) is 1. The highest BCUT2D eigenvalue weighted by Crippen LogP contribution is 2.18. The highest BCUT2D eigenvalue weighted by molar-refractivity contribution is 6.33. The second-order valence-corrected chi connectivity index (χ2v) is 4.33. The van der Waals surface area contributed by atoms with Crippen LogP contribution in [0.15, 0.2) is 24.3 Å². The van der Waals surface area contributed by atoms with Gasteiger partial charge in [0.15, 0.2) is 0 Å². The van der Waals surface area contributed by atoms with Crippen LogP contribution in [0.25, 0.3) is 0 Å². The van der Waals surface area contributed by atoms with Gasteiger partial charge in [0.2, 0.25) is 0 Å². The number of aromatic nitrogens is 2. The van der Waals surface area contributed by atoms with E-state index in [9.17, 15) is 4.79 Å². The summed E-state index contributed by atoms with van der Waals surface area (Å²) in [5.41, 5.74) is 12.0. The number of hydrogen-bond donors (Lipinski definition) is 3. The molecule has 20 heavy (non-hydrogen) atoms. The third kappa shape index (κ3) is 4.10. The lowest BCUT2D eigenvalue weighted by Crippen LogP contribution is -2.00. The molecule has 0 bridgehead atoms. The maximum atomic E-state index is 10.3. The Morgan fingerprint density at radius 1 is 1.20 bits per heavy atom. The van der Waals surface area contributed by atoms with Gasteiger partial charge in [-0.05, 0) is 26.0 Å². The maximum absolute atomic E-state index is 10.3. The van der Waals surface area contributed by atoms with E-state index in [1.165, 1.54) is 6.07 Å². The van der Waals surface area contributed by atoms with E-state index in [0.717, 1.165) is 5.69 Å². The van der Waals surface area contributed by atoms with E-state index in [2.05, 4.69) is 9.97 Å². The Morgan fingerprint density at radius 2 is 1.80 bits per heavy atom. The number of carboxylic acids is 1. The van der Waals surface area contributed by atoms with Crippen LogP contribution < -0.4 is 11.5 Å². The van der Waals surface area contributed by atoms with Gasteiger partial charge >= 0.3 is 5.97 Å². The maximum Gasteiger partial charge on any atom is 0.337 e. The van der Waals surface area contributed by atoms with Crippen LogP contribution >= 0.6 is 11.6 Å². The molecule has 0 aliphatic rings. The smallest absolute Gasteiger partial charge is 0.337 e. The second kappa shape index (κ2) is 6.72. The zero-order valence-electron chi connectivity index (χ0n) is 11.1. The number of nitrogens with two attached hydrogens (primary N) is 2. The Labute approximate surface area is 121 Å².